The number of ether oxygens (including phenoxy) is 1. The molecule has 4 aromatic rings. The van der Waals surface area contributed by atoms with Crippen molar-refractivity contribution in [1.82, 2.24) is 9.78 Å². The predicted octanol–water partition coefficient (Wildman–Crippen LogP) is 6.50. The third-order valence-electron chi connectivity index (χ3n) is 5.66. The summed E-state index contributed by atoms with van der Waals surface area (Å²) in [7, 11) is 0. The van der Waals surface area contributed by atoms with Crippen molar-refractivity contribution in [2.24, 2.45) is 0 Å². The minimum Gasteiger partial charge on any atom is -0.407 e. The van der Waals surface area contributed by atoms with Crippen molar-refractivity contribution in [2.75, 3.05) is 5.32 Å². The summed E-state index contributed by atoms with van der Waals surface area (Å²) >= 11 is 3.38. The van der Waals surface area contributed by atoms with Crippen LogP contribution in [0.3, 0.4) is 0 Å². The van der Waals surface area contributed by atoms with Crippen molar-refractivity contribution >= 4 is 33.5 Å². The van der Waals surface area contributed by atoms with Crippen LogP contribution in [0.2, 0.25) is 0 Å². The molecule has 1 amide bonds. The predicted molar refractivity (Wildman–Crippen MR) is 134 cm³/mol. The Labute approximate surface area is 209 Å². The molecule has 1 heterocycles. The smallest absolute Gasteiger partial charge is 0.309 e. The Hall–Kier alpha value is -3.78. The lowest BCUT2D eigenvalue weighted by Crippen LogP contribution is -2.11. The van der Waals surface area contributed by atoms with E-state index in [4.69, 9.17) is 9.84 Å². The fraction of sp³-hybridized carbons (Fsp3) is 0.148. The van der Waals surface area contributed by atoms with Crippen LogP contribution in [-0.2, 0) is 4.79 Å². The van der Waals surface area contributed by atoms with E-state index in [-0.39, 0.29) is 23.5 Å². The van der Waals surface area contributed by atoms with Crippen LogP contribution in [0.15, 0.2) is 77.3 Å². The van der Waals surface area contributed by atoms with Crippen molar-refractivity contribution in [3.8, 4) is 22.7 Å². The second-order valence-electron chi connectivity index (χ2n) is 8.36. The molecule has 1 N–H and O–H groups in total. The maximum Gasteiger partial charge on any atom is 0.309 e. The molecule has 0 radical (unpaired) electrons. The number of anilines is 1. The molecule has 176 valence electrons. The van der Waals surface area contributed by atoms with E-state index in [1.54, 1.807) is 47.1 Å². The van der Waals surface area contributed by atoms with Gasteiger partial charge in [0.05, 0.1) is 16.9 Å². The van der Waals surface area contributed by atoms with Gasteiger partial charge in [0.1, 0.15) is 5.82 Å². The lowest BCUT2D eigenvalue weighted by atomic mass is 10.0. The van der Waals surface area contributed by atoms with Crippen LogP contribution in [0.25, 0.3) is 16.8 Å². The van der Waals surface area contributed by atoms with Gasteiger partial charge in [0.25, 0.3) is 5.91 Å². The second-order valence-corrected chi connectivity index (χ2v) is 9.28. The number of amides is 1. The van der Waals surface area contributed by atoms with Gasteiger partial charge in [-0.15, -0.1) is 0 Å². The fourth-order valence-corrected chi connectivity index (χ4v) is 4.27. The number of nitrogens with one attached hydrogen (secondary N) is 1. The third kappa shape index (κ3) is 5.02. The summed E-state index contributed by atoms with van der Waals surface area (Å²) in [6.07, 6.45) is 1.99. The van der Waals surface area contributed by atoms with E-state index in [1.165, 1.54) is 19.1 Å². The summed E-state index contributed by atoms with van der Waals surface area (Å²) < 4.78 is 21.5. The van der Waals surface area contributed by atoms with Gasteiger partial charge in [0.15, 0.2) is 0 Å². The highest BCUT2D eigenvalue weighted by atomic mass is 79.9. The maximum atomic E-state index is 13.5. The van der Waals surface area contributed by atoms with Gasteiger partial charge in [0.2, 0.25) is 5.88 Å². The van der Waals surface area contributed by atoms with E-state index in [0.717, 1.165) is 34.1 Å². The van der Waals surface area contributed by atoms with Crippen molar-refractivity contribution in [3.63, 3.8) is 0 Å². The molecule has 0 unspecified atom stereocenters. The molecule has 6 nitrogen and oxygen atoms in total. The summed E-state index contributed by atoms with van der Waals surface area (Å²) in [6.45, 7) is 1.34. The monoisotopic (exact) mass is 533 g/mol. The molecule has 0 atom stereocenters. The normalized spacial score (nSPS) is 12.9. The molecule has 0 spiro atoms. The number of halogens is 2. The van der Waals surface area contributed by atoms with Crippen molar-refractivity contribution in [1.29, 1.82) is 0 Å². The van der Waals surface area contributed by atoms with Gasteiger partial charge >= 0.3 is 5.97 Å². The Bertz CT molecular complexity index is 1410. The summed E-state index contributed by atoms with van der Waals surface area (Å²) in [5, 5.41) is 7.66. The van der Waals surface area contributed by atoms with Gasteiger partial charge in [-0.1, -0.05) is 34.1 Å². The van der Waals surface area contributed by atoms with Crippen LogP contribution in [0.1, 0.15) is 41.7 Å². The van der Waals surface area contributed by atoms with Gasteiger partial charge in [-0.3, -0.25) is 9.59 Å². The molecular weight excluding hydrogens is 513 g/mol. The van der Waals surface area contributed by atoms with Crippen molar-refractivity contribution in [3.05, 3.63) is 94.3 Å². The van der Waals surface area contributed by atoms with E-state index < -0.39 is 5.97 Å². The van der Waals surface area contributed by atoms with Crippen LogP contribution in [0.5, 0.6) is 5.88 Å². The Morgan fingerprint density at radius 3 is 2.40 bits per heavy atom. The van der Waals surface area contributed by atoms with Gasteiger partial charge in [-0.25, -0.2) is 4.39 Å². The highest BCUT2D eigenvalue weighted by molar-refractivity contribution is 9.10. The second kappa shape index (κ2) is 9.46. The fourth-order valence-electron chi connectivity index (χ4n) is 3.87. The molecule has 0 bridgehead atoms. The highest BCUT2D eigenvalue weighted by Crippen LogP contribution is 2.48. The van der Waals surface area contributed by atoms with Crippen molar-refractivity contribution in [2.45, 2.75) is 25.7 Å². The number of aromatic nitrogens is 2. The molecule has 5 rings (SSSR count). The number of benzene rings is 3. The van der Waals surface area contributed by atoms with Gasteiger partial charge in [-0.05, 0) is 73.0 Å². The zero-order chi connectivity index (χ0) is 24.5. The highest BCUT2D eigenvalue weighted by Gasteiger charge is 2.34. The van der Waals surface area contributed by atoms with E-state index in [0.29, 0.717) is 16.9 Å². The lowest BCUT2D eigenvalue weighted by Gasteiger charge is -2.10. The zero-order valence-corrected chi connectivity index (χ0v) is 20.4. The van der Waals surface area contributed by atoms with Gasteiger partial charge in [-0.2, -0.15) is 9.78 Å². The first-order chi connectivity index (χ1) is 16.9. The summed E-state index contributed by atoms with van der Waals surface area (Å²) in [5.74, 6) is -0.510. The molecule has 1 aliphatic rings. The lowest BCUT2D eigenvalue weighted by molar-refractivity contribution is -0.132. The zero-order valence-electron chi connectivity index (χ0n) is 18.8. The van der Waals surface area contributed by atoms with Crippen LogP contribution in [0.4, 0.5) is 10.1 Å². The number of nitrogens with zero attached hydrogens (tertiary/aromatic N) is 2. The van der Waals surface area contributed by atoms with Crippen LogP contribution >= 0.6 is 15.9 Å². The number of hydrogen-bond donors (Lipinski definition) is 1. The standard InChI is InChI=1S/C27H21BrFN3O3/c1-16(33)35-27-24(25(18-5-6-18)31-32(27)23-13-9-21(29)10-14-23)17-7-11-22(12-8-17)30-26(34)19-3-2-4-20(28)15-19/h2-4,7-15,18H,5-6H2,1H3,(H,30,34). The summed E-state index contributed by atoms with van der Waals surface area (Å²) in [5.41, 5.74) is 4.11. The van der Waals surface area contributed by atoms with Crippen LogP contribution in [0, 0.1) is 5.82 Å². The first-order valence-electron chi connectivity index (χ1n) is 11.1. The van der Waals surface area contributed by atoms with E-state index >= 15 is 0 Å². The van der Waals surface area contributed by atoms with E-state index in [9.17, 15) is 14.0 Å². The minimum atomic E-state index is -0.477. The number of hydrogen-bond acceptors (Lipinski definition) is 4. The number of rotatable bonds is 6. The third-order valence-corrected chi connectivity index (χ3v) is 6.16. The topological polar surface area (TPSA) is 73.2 Å². The maximum absolute atomic E-state index is 13.5. The first-order valence-corrected chi connectivity index (χ1v) is 11.9. The molecule has 3 aromatic carbocycles. The molecule has 1 saturated carbocycles. The largest absolute Gasteiger partial charge is 0.407 e. The molecule has 1 fully saturated rings. The van der Waals surface area contributed by atoms with Crippen LogP contribution < -0.4 is 10.1 Å². The first kappa shape index (κ1) is 23.0. The summed E-state index contributed by atoms with van der Waals surface area (Å²) in [4.78, 5) is 24.6. The van der Waals surface area contributed by atoms with Crippen molar-refractivity contribution < 1.29 is 18.7 Å². The minimum absolute atomic E-state index is 0.220. The average molecular weight is 534 g/mol. The Balaban J connectivity index is 1.51. The quantitative estimate of drug-likeness (QED) is 0.287. The SMILES string of the molecule is CC(=O)Oc1c(-c2ccc(NC(=O)c3cccc(Br)c3)cc2)c(C2CC2)nn1-c1ccc(F)cc1. The molecule has 0 aliphatic heterocycles. The van der Waals surface area contributed by atoms with Gasteiger partial charge < -0.3 is 10.1 Å². The molecule has 1 aliphatic carbocycles. The van der Waals surface area contributed by atoms with E-state index in [2.05, 4.69) is 21.2 Å². The Kier molecular flexibility index (Phi) is 6.21. The molecule has 1 aromatic heterocycles. The Morgan fingerprint density at radius 1 is 1.06 bits per heavy atom. The molecule has 0 saturated heterocycles. The molecule has 35 heavy (non-hydrogen) atoms. The Morgan fingerprint density at radius 2 is 1.77 bits per heavy atom. The van der Waals surface area contributed by atoms with E-state index in [1.807, 2.05) is 18.2 Å². The number of esters is 1. The molecular formula is C27H21BrFN3O3. The molecule has 8 heteroatoms. The van der Waals surface area contributed by atoms with Crippen LogP contribution in [-0.4, -0.2) is 21.7 Å². The summed E-state index contributed by atoms with van der Waals surface area (Å²) in [6, 6.07) is 20.3. The number of carbonyl (C=O) groups excluding carboxylic acids is 2. The average Bonchev–Trinajstić information content (AvgIpc) is 3.62. The number of carbonyl (C=O) groups is 2. The van der Waals surface area contributed by atoms with Gasteiger partial charge in [0, 0.05) is 28.6 Å².